The topological polar surface area (TPSA) is 75.7 Å². The predicted molar refractivity (Wildman–Crippen MR) is 117 cm³/mol. The molecular weight excluding hydrogens is 466 g/mol. The van der Waals surface area contributed by atoms with Gasteiger partial charge in [-0.2, -0.15) is 4.31 Å². The summed E-state index contributed by atoms with van der Waals surface area (Å²) >= 11 is 11.6. The number of sulfonamides is 1. The van der Waals surface area contributed by atoms with Gasteiger partial charge in [0.1, 0.15) is 11.6 Å². The molecule has 10 heteroatoms. The summed E-state index contributed by atoms with van der Waals surface area (Å²) < 4.78 is 46.1. The predicted octanol–water partition coefficient (Wildman–Crippen LogP) is 4.26. The first-order valence-corrected chi connectivity index (χ1v) is 11.9. The summed E-state index contributed by atoms with van der Waals surface area (Å²) in [4.78, 5) is 12.7. The van der Waals surface area contributed by atoms with Gasteiger partial charge in [-0.1, -0.05) is 23.2 Å². The molecule has 0 aromatic heterocycles. The molecule has 0 bridgehead atoms. The zero-order valence-corrected chi connectivity index (χ0v) is 19.4. The Morgan fingerprint density at radius 3 is 2.32 bits per heavy atom. The second kappa shape index (κ2) is 9.32. The van der Waals surface area contributed by atoms with E-state index >= 15 is 0 Å². The van der Waals surface area contributed by atoms with E-state index in [9.17, 15) is 17.6 Å². The maximum atomic E-state index is 13.4. The monoisotopic (exact) mass is 488 g/mol. The summed E-state index contributed by atoms with van der Waals surface area (Å²) in [5.41, 5.74) is -1.12. The van der Waals surface area contributed by atoms with Gasteiger partial charge in [0.25, 0.3) is 5.91 Å². The minimum Gasteiger partial charge on any atom is -0.478 e. The molecule has 1 heterocycles. The van der Waals surface area contributed by atoms with E-state index in [1.807, 2.05) is 0 Å². The molecule has 0 aliphatic carbocycles. The van der Waals surface area contributed by atoms with Gasteiger partial charge in [-0.05, 0) is 69.2 Å². The number of amides is 1. The van der Waals surface area contributed by atoms with E-state index in [4.69, 9.17) is 27.9 Å². The van der Waals surface area contributed by atoms with E-state index in [1.165, 1.54) is 10.4 Å². The first-order chi connectivity index (χ1) is 14.5. The zero-order valence-electron chi connectivity index (χ0n) is 17.1. The molecule has 3 rings (SSSR count). The number of nitrogens with zero attached hydrogens (tertiary/aromatic N) is 1. The fraction of sp³-hybridized carbons (Fsp3) is 0.381. The highest BCUT2D eigenvalue weighted by molar-refractivity contribution is 7.89. The van der Waals surface area contributed by atoms with Gasteiger partial charge in [0.15, 0.2) is 5.60 Å². The van der Waals surface area contributed by atoms with Crippen LogP contribution in [0.1, 0.15) is 26.7 Å². The Bertz CT molecular complexity index is 1050. The Morgan fingerprint density at radius 2 is 1.74 bits per heavy atom. The van der Waals surface area contributed by atoms with Gasteiger partial charge in [0, 0.05) is 24.2 Å². The van der Waals surface area contributed by atoms with Crippen molar-refractivity contribution < 1.29 is 22.3 Å². The van der Waals surface area contributed by atoms with Crippen molar-refractivity contribution >= 4 is 39.1 Å². The van der Waals surface area contributed by atoms with Crippen LogP contribution in [-0.2, 0) is 14.8 Å². The lowest BCUT2D eigenvalue weighted by atomic mass is 10.0. The van der Waals surface area contributed by atoms with Gasteiger partial charge in [-0.3, -0.25) is 4.79 Å². The van der Waals surface area contributed by atoms with Crippen LogP contribution >= 0.6 is 23.2 Å². The van der Waals surface area contributed by atoms with Gasteiger partial charge in [0.05, 0.1) is 9.92 Å². The van der Waals surface area contributed by atoms with Crippen LogP contribution in [0.4, 0.5) is 4.39 Å². The lowest BCUT2D eigenvalue weighted by Crippen LogP contribution is -2.53. The van der Waals surface area contributed by atoms with Gasteiger partial charge in [-0.25, -0.2) is 12.8 Å². The quantitative estimate of drug-likeness (QED) is 0.658. The van der Waals surface area contributed by atoms with Gasteiger partial charge in [-0.15, -0.1) is 0 Å². The maximum absolute atomic E-state index is 13.4. The molecule has 1 N–H and O–H groups in total. The van der Waals surface area contributed by atoms with Crippen molar-refractivity contribution in [2.45, 2.75) is 43.2 Å². The summed E-state index contributed by atoms with van der Waals surface area (Å²) in [6.07, 6.45) is 0.883. The van der Waals surface area contributed by atoms with Gasteiger partial charge in [0.2, 0.25) is 10.0 Å². The molecular formula is C21H23Cl2FN2O4S. The molecule has 0 saturated carbocycles. The number of halogens is 3. The molecule has 0 radical (unpaired) electrons. The van der Waals surface area contributed by atoms with E-state index in [1.54, 1.807) is 38.1 Å². The average molecular weight is 489 g/mol. The van der Waals surface area contributed by atoms with E-state index in [0.717, 1.165) is 12.1 Å². The molecule has 1 saturated heterocycles. The van der Waals surface area contributed by atoms with E-state index in [2.05, 4.69) is 5.32 Å². The van der Waals surface area contributed by atoms with Crippen LogP contribution in [0, 0.1) is 5.82 Å². The number of hydrogen-bond donors (Lipinski definition) is 1. The van der Waals surface area contributed by atoms with Crippen LogP contribution in [-0.4, -0.2) is 43.4 Å². The Labute approximate surface area is 191 Å². The number of benzene rings is 2. The number of carbonyl (C=O) groups is 1. The van der Waals surface area contributed by atoms with Crippen molar-refractivity contribution in [2.24, 2.45) is 0 Å². The number of hydrogen-bond acceptors (Lipinski definition) is 4. The molecule has 0 atom stereocenters. The first kappa shape index (κ1) is 23.8. The van der Waals surface area contributed by atoms with Crippen LogP contribution in [0.25, 0.3) is 0 Å². The normalized spacial score (nSPS) is 16.2. The summed E-state index contributed by atoms with van der Waals surface area (Å²) in [5.74, 6) is -0.456. The lowest BCUT2D eigenvalue weighted by molar-refractivity contribution is -0.135. The fourth-order valence-corrected chi connectivity index (χ4v) is 5.10. The Balaban J connectivity index is 1.58. The highest BCUT2D eigenvalue weighted by Gasteiger charge is 2.34. The van der Waals surface area contributed by atoms with Crippen molar-refractivity contribution in [1.82, 2.24) is 9.62 Å². The summed E-state index contributed by atoms with van der Waals surface area (Å²) in [6, 6.07) is 9.86. The number of carbonyl (C=O) groups excluding carboxylic acids is 1. The molecule has 1 aliphatic heterocycles. The number of rotatable bonds is 6. The number of nitrogens with one attached hydrogen (secondary N) is 1. The molecule has 2 aromatic carbocycles. The van der Waals surface area contributed by atoms with Gasteiger partial charge < -0.3 is 10.1 Å². The molecule has 168 valence electrons. The minimum atomic E-state index is -3.79. The second-order valence-electron chi connectivity index (χ2n) is 7.79. The summed E-state index contributed by atoms with van der Waals surface area (Å²) in [6.45, 7) is 3.77. The number of ether oxygens (including phenoxy) is 1. The van der Waals surface area contributed by atoms with Crippen molar-refractivity contribution in [2.75, 3.05) is 13.1 Å². The molecule has 0 spiro atoms. The zero-order chi connectivity index (χ0) is 22.8. The molecule has 1 amide bonds. The lowest BCUT2D eigenvalue weighted by Gasteiger charge is -2.34. The third-order valence-electron chi connectivity index (χ3n) is 5.05. The molecule has 1 aliphatic rings. The highest BCUT2D eigenvalue weighted by atomic mass is 35.5. The largest absolute Gasteiger partial charge is 0.478 e. The third-order valence-corrected chi connectivity index (χ3v) is 7.49. The molecule has 1 fully saturated rings. The minimum absolute atomic E-state index is 0.0566. The maximum Gasteiger partial charge on any atom is 0.263 e. The highest BCUT2D eigenvalue weighted by Crippen LogP contribution is 2.26. The molecule has 6 nitrogen and oxygen atoms in total. The standard InChI is InChI=1S/C21H23Cl2FN2O4S/c1-21(2,30-16-5-3-14(22)4-6-16)20(27)25-15-9-11-26(12-10-15)31(28,29)17-7-8-19(24)18(23)13-17/h3-8,13,15H,9-12H2,1-2H3,(H,25,27). The van der Waals surface area contributed by atoms with Crippen molar-refractivity contribution in [3.8, 4) is 5.75 Å². The molecule has 0 unspecified atom stereocenters. The SMILES string of the molecule is CC(C)(Oc1ccc(Cl)cc1)C(=O)NC1CCN(S(=O)(=O)c2ccc(F)c(Cl)c2)CC1. The summed E-state index contributed by atoms with van der Waals surface area (Å²) in [7, 11) is -3.79. The van der Waals surface area contributed by atoms with Crippen LogP contribution in [0.3, 0.4) is 0 Å². The van der Waals surface area contributed by atoms with Crippen LogP contribution in [0.2, 0.25) is 10.0 Å². The Kier molecular flexibility index (Phi) is 7.15. The van der Waals surface area contributed by atoms with E-state index in [0.29, 0.717) is 23.6 Å². The Hall–Kier alpha value is -1.87. The van der Waals surface area contributed by atoms with Crippen LogP contribution in [0.5, 0.6) is 5.75 Å². The molecule has 31 heavy (non-hydrogen) atoms. The van der Waals surface area contributed by atoms with Crippen LogP contribution in [0.15, 0.2) is 47.4 Å². The van der Waals surface area contributed by atoms with Crippen molar-refractivity contribution in [3.05, 3.63) is 58.3 Å². The van der Waals surface area contributed by atoms with Gasteiger partial charge >= 0.3 is 0 Å². The van der Waals surface area contributed by atoms with E-state index < -0.39 is 21.4 Å². The smallest absolute Gasteiger partial charge is 0.263 e. The van der Waals surface area contributed by atoms with Crippen LogP contribution < -0.4 is 10.1 Å². The fourth-order valence-electron chi connectivity index (χ4n) is 3.23. The van der Waals surface area contributed by atoms with Crippen molar-refractivity contribution in [3.63, 3.8) is 0 Å². The average Bonchev–Trinajstić information content (AvgIpc) is 2.72. The second-order valence-corrected chi connectivity index (χ2v) is 10.6. The Morgan fingerprint density at radius 1 is 1.13 bits per heavy atom. The van der Waals surface area contributed by atoms with Crippen molar-refractivity contribution in [1.29, 1.82) is 0 Å². The third kappa shape index (κ3) is 5.68. The first-order valence-electron chi connectivity index (χ1n) is 9.70. The van der Waals surface area contributed by atoms with E-state index in [-0.39, 0.29) is 35.0 Å². The number of piperidine rings is 1. The molecule has 2 aromatic rings. The summed E-state index contributed by atoms with van der Waals surface area (Å²) in [5, 5.41) is 3.26.